The minimum atomic E-state index is -1.04. The summed E-state index contributed by atoms with van der Waals surface area (Å²) in [4.78, 5) is 38.0. The molecule has 0 aliphatic carbocycles. The Bertz CT molecular complexity index is 1110. The zero-order chi connectivity index (χ0) is 27.6. The van der Waals surface area contributed by atoms with Crippen molar-refractivity contribution in [3.05, 3.63) is 71.8 Å². The Morgan fingerprint density at radius 2 is 1.71 bits per heavy atom. The molecule has 1 aliphatic rings. The molecule has 204 valence electrons. The van der Waals surface area contributed by atoms with Crippen molar-refractivity contribution in [3.63, 3.8) is 0 Å². The van der Waals surface area contributed by atoms with Gasteiger partial charge in [-0.25, -0.2) is 10.2 Å². The maximum atomic E-state index is 13.0. The van der Waals surface area contributed by atoms with Crippen LogP contribution in [0.1, 0.15) is 44.7 Å². The quantitative estimate of drug-likeness (QED) is 0.340. The number of nitrogens with one attached hydrogen (secondary N) is 3. The van der Waals surface area contributed by atoms with Crippen molar-refractivity contribution >= 4 is 23.8 Å². The van der Waals surface area contributed by atoms with Gasteiger partial charge in [0.15, 0.2) is 0 Å². The van der Waals surface area contributed by atoms with Gasteiger partial charge >= 0.3 is 12.1 Å². The number of alkyl carbamates (subject to hydrolysis) is 1. The van der Waals surface area contributed by atoms with E-state index >= 15 is 0 Å². The lowest BCUT2D eigenvalue weighted by molar-refractivity contribution is -0.148. The summed E-state index contributed by atoms with van der Waals surface area (Å²) < 4.78 is 16.1. The predicted octanol–water partition coefficient (Wildman–Crippen LogP) is 3.02. The molecule has 0 spiro atoms. The third-order valence-electron chi connectivity index (χ3n) is 5.99. The van der Waals surface area contributed by atoms with Crippen LogP contribution in [-0.2, 0) is 35.8 Å². The Kier molecular flexibility index (Phi) is 9.84. The Hall–Kier alpha value is -3.92. The van der Waals surface area contributed by atoms with Crippen LogP contribution in [0.3, 0.4) is 0 Å². The topological polar surface area (TPSA) is 127 Å². The molecule has 3 N–H and O–H groups in total. The number of hydrogen-bond donors (Lipinski definition) is 3. The standard InChI is InChI=1S/C28H36N4O6/c1-27(2,3)38-26(35)30-22(18-37-17-20-11-7-5-8-12-20)24(33)32-31-23-15-16-28(19-29-23,25(34)36-4)21-13-9-6-10-14-21/h5-14,22H,15-19H2,1-4H3,(H,29,31)(H,30,35)(H,32,33)/t22-,28?/m1/s1. The largest absolute Gasteiger partial charge is 0.468 e. The van der Waals surface area contributed by atoms with E-state index in [1.165, 1.54) is 7.11 Å². The summed E-state index contributed by atoms with van der Waals surface area (Å²) in [6.07, 6.45) is 0.111. The summed E-state index contributed by atoms with van der Waals surface area (Å²) in [6, 6.07) is 17.9. The van der Waals surface area contributed by atoms with Gasteiger partial charge in [-0.05, 0) is 38.3 Å². The van der Waals surface area contributed by atoms with Gasteiger partial charge in [0.2, 0.25) is 0 Å². The van der Waals surface area contributed by atoms with Crippen LogP contribution in [0, 0.1) is 0 Å². The van der Waals surface area contributed by atoms with E-state index in [9.17, 15) is 14.4 Å². The molecule has 38 heavy (non-hydrogen) atoms. The molecule has 1 fully saturated rings. The van der Waals surface area contributed by atoms with Gasteiger partial charge in [-0.3, -0.25) is 9.59 Å². The number of rotatable bonds is 9. The van der Waals surface area contributed by atoms with Gasteiger partial charge in [0.05, 0.1) is 20.3 Å². The number of hydrogen-bond acceptors (Lipinski definition) is 7. The number of methoxy groups -OCH3 is 1. The second-order valence-corrected chi connectivity index (χ2v) is 10.0. The molecule has 0 saturated carbocycles. The van der Waals surface area contributed by atoms with Crippen LogP contribution in [0.2, 0.25) is 0 Å². The first-order valence-corrected chi connectivity index (χ1v) is 12.5. The highest BCUT2D eigenvalue weighted by molar-refractivity contribution is 5.91. The fourth-order valence-electron chi connectivity index (χ4n) is 4.05. The van der Waals surface area contributed by atoms with Crippen molar-refractivity contribution in [1.29, 1.82) is 0 Å². The van der Waals surface area contributed by atoms with E-state index in [0.717, 1.165) is 11.1 Å². The second-order valence-electron chi connectivity index (χ2n) is 10.0. The number of ether oxygens (including phenoxy) is 3. The molecule has 2 amide bonds. The maximum absolute atomic E-state index is 13.0. The van der Waals surface area contributed by atoms with Crippen LogP contribution in [0.25, 0.3) is 0 Å². The molecule has 0 radical (unpaired) electrons. The number of carbonyl (C=O) groups is 3. The number of esters is 1. The molecule has 10 nitrogen and oxygen atoms in total. The summed E-state index contributed by atoms with van der Waals surface area (Å²) in [5.41, 5.74) is 2.69. The summed E-state index contributed by atoms with van der Waals surface area (Å²) in [5.74, 6) is -0.391. The summed E-state index contributed by atoms with van der Waals surface area (Å²) in [7, 11) is 1.37. The average Bonchev–Trinajstić information content (AvgIpc) is 2.91. The zero-order valence-electron chi connectivity index (χ0n) is 22.3. The summed E-state index contributed by atoms with van der Waals surface area (Å²) >= 11 is 0. The fourth-order valence-corrected chi connectivity index (χ4v) is 4.05. The molecule has 0 aromatic heterocycles. The summed E-state index contributed by atoms with van der Waals surface area (Å²) in [6.45, 7) is 5.65. The first-order valence-electron chi connectivity index (χ1n) is 12.5. The lowest BCUT2D eigenvalue weighted by Crippen LogP contribution is -2.53. The molecule has 1 unspecified atom stereocenters. The van der Waals surface area contributed by atoms with Crippen LogP contribution in [-0.4, -0.2) is 55.7 Å². The highest BCUT2D eigenvalue weighted by Crippen LogP contribution is 2.33. The third-order valence-corrected chi connectivity index (χ3v) is 5.99. The maximum Gasteiger partial charge on any atom is 0.408 e. The smallest absolute Gasteiger partial charge is 0.408 e. The number of amides is 2. The minimum absolute atomic E-state index is 0.0856. The van der Waals surface area contributed by atoms with Crippen LogP contribution in [0.5, 0.6) is 0 Å². The lowest BCUT2D eigenvalue weighted by Gasteiger charge is -2.36. The number of carbonyl (C=O) groups excluding carboxylic acids is 3. The van der Waals surface area contributed by atoms with Gasteiger partial charge in [0, 0.05) is 13.0 Å². The highest BCUT2D eigenvalue weighted by Gasteiger charge is 2.44. The number of amidine groups is 1. The van der Waals surface area contributed by atoms with E-state index in [0.29, 0.717) is 18.7 Å². The number of piperidine rings is 1. The SMILES string of the molecule is COC(=O)C1(c2ccccc2)CC/C(=N/NC(=O)[C@@H](COCc2ccccc2)NC(=O)OC(C)(C)C)NC1. The Labute approximate surface area is 223 Å². The minimum Gasteiger partial charge on any atom is -0.468 e. The highest BCUT2D eigenvalue weighted by atomic mass is 16.6. The van der Waals surface area contributed by atoms with Crippen LogP contribution < -0.4 is 16.1 Å². The van der Waals surface area contributed by atoms with Crippen molar-refractivity contribution in [1.82, 2.24) is 16.1 Å². The van der Waals surface area contributed by atoms with Crippen molar-refractivity contribution in [2.24, 2.45) is 5.10 Å². The average molecular weight is 525 g/mol. The first kappa shape index (κ1) is 28.6. The number of benzene rings is 2. The third kappa shape index (κ3) is 8.04. The van der Waals surface area contributed by atoms with Crippen molar-refractivity contribution in [2.45, 2.75) is 57.3 Å². The molecule has 2 aromatic rings. The lowest BCUT2D eigenvalue weighted by atomic mass is 9.74. The fraction of sp³-hybridized carbons (Fsp3) is 0.429. The van der Waals surface area contributed by atoms with Gasteiger partial charge in [-0.15, -0.1) is 0 Å². The molecule has 1 aliphatic heterocycles. The second kappa shape index (κ2) is 13.0. The van der Waals surface area contributed by atoms with Crippen LogP contribution >= 0.6 is 0 Å². The number of nitrogens with zero attached hydrogens (tertiary/aromatic N) is 1. The van der Waals surface area contributed by atoms with E-state index in [-0.39, 0.29) is 25.7 Å². The number of hydrazone groups is 1. The monoisotopic (exact) mass is 524 g/mol. The van der Waals surface area contributed by atoms with Gasteiger partial charge in [0.25, 0.3) is 5.91 Å². The Morgan fingerprint density at radius 3 is 2.29 bits per heavy atom. The molecule has 2 atom stereocenters. The molecule has 0 bridgehead atoms. The van der Waals surface area contributed by atoms with Crippen molar-refractivity contribution in [3.8, 4) is 0 Å². The van der Waals surface area contributed by atoms with Gasteiger partial charge < -0.3 is 24.8 Å². The van der Waals surface area contributed by atoms with E-state index in [2.05, 4.69) is 21.2 Å². The predicted molar refractivity (Wildman–Crippen MR) is 142 cm³/mol. The normalized spacial score (nSPS) is 19.1. The van der Waals surface area contributed by atoms with E-state index < -0.39 is 29.1 Å². The van der Waals surface area contributed by atoms with E-state index in [4.69, 9.17) is 14.2 Å². The molecule has 2 aromatic carbocycles. The molecular formula is C28H36N4O6. The zero-order valence-corrected chi connectivity index (χ0v) is 22.3. The molecular weight excluding hydrogens is 488 g/mol. The Balaban J connectivity index is 1.64. The van der Waals surface area contributed by atoms with Crippen LogP contribution in [0.15, 0.2) is 65.8 Å². The summed E-state index contributed by atoms with van der Waals surface area (Å²) in [5, 5.41) is 9.90. The molecule has 1 saturated heterocycles. The van der Waals surface area contributed by atoms with Crippen LogP contribution in [0.4, 0.5) is 4.79 Å². The van der Waals surface area contributed by atoms with Crippen molar-refractivity contribution in [2.75, 3.05) is 20.3 Å². The van der Waals surface area contributed by atoms with Gasteiger partial charge in [-0.2, -0.15) is 5.10 Å². The molecule has 10 heteroatoms. The van der Waals surface area contributed by atoms with E-state index in [1.54, 1.807) is 20.8 Å². The van der Waals surface area contributed by atoms with Gasteiger partial charge in [-0.1, -0.05) is 60.7 Å². The van der Waals surface area contributed by atoms with Crippen molar-refractivity contribution < 1.29 is 28.6 Å². The molecule has 1 heterocycles. The molecule has 3 rings (SSSR count). The van der Waals surface area contributed by atoms with E-state index in [1.807, 2.05) is 60.7 Å². The Morgan fingerprint density at radius 1 is 1.05 bits per heavy atom. The van der Waals surface area contributed by atoms with Gasteiger partial charge in [0.1, 0.15) is 22.9 Å². The first-order chi connectivity index (χ1) is 18.1.